The average molecular weight is 290 g/mol. The first-order chi connectivity index (χ1) is 9.80. The minimum atomic E-state index is -0.220. The Morgan fingerprint density at radius 2 is 2.14 bits per heavy atom. The molecule has 0 unspecified atom stereocenters. The number of nitrogens with one attached hydrogen (secondary N) is 1. The van der Waals surface area contributed by atoms with Crippen LogP contribution in [0.4, 0.5) is 5.82 Å². The summed E-state index contributed by atoms with van der Waals surface area (Å²) in [5, 5.41) is 10.8. The first-order valence-corrected chi connectivity index (χ1v) is 7.09. The quantitative estimate of drug-likeness (QED) is 0.939. The van der Waals surface area contributed by atoms with Gasteiger partial charge in [0.25, 0.3) is 5.91 Å². The molecule has 0 atom stereocenters. The molecule has 2 heterocycles. The lowest BCUT2D eigenvalue weighted by atomic mass is 9.91. The van der Waals surface area contributed by atoms with Crippen LogP contribution in [-0.4, -0.2) is 20.8 Å². The third-order valence-electron chi connectivity index (χ3n) is 3.15. The summed E-state index contributed by atoms with van der Waals surface area (Å²) in [6.07, 6.45) is 2.34. The van der Waals surface area contributed by atoms with Crippen molar-refractivity contribution in [3.05, 3.63) is 29.3 Å². The maximum Gasteiger partial charge on any atom is 0.260 e. The van der Waals surface area contributed by atoms with Gasteiger partial charge in [-0.2, -0.15) is 5.10 Å². The van der Waals surface area contributed by atoms with E-state index in [1.54, 1.807) is 16.9 Å². The van der Waals surface area contributed by atoms with Crippen LogP contribution in [0.5, 0.6) is 0 Å². The second kappa shape index (κ2) is 5.71. The van der Waals surface area contributed by atoms with Crippen molar-refractivity contribution >= 4 is 11.7 Å². The molecular weight excluding hydrogens is 268 g/mol. The predicted molar refractivity (Wildman–Crippen MR) is 80.3 cm³/mol. The van der Waals surface area contributed by atoms with Crippen LogP contribution in [0.3, 0.4) is 0 Å². The highest BCUT2D eigenvalue weighted by Crippen LogP contribution is 2.22. The monoisotopic (exact) mass is 290 g/mol. The maximum atomic E-state index is 12.2. The van der Waals surface area contributed by atoms with E-state index in [-0.39, 0.29) is 11.3 Å². The molecule has 1 amide bonds. The number of rotatable bonds is 4. The van der Waals surface area contributed by atoms with Crippen molar-refractivity contribution in [1.29, 1.82) is 0 Å². The minimum Gasteiger partial charge on any atom is -0.359 e. The number of anilines is 1. The van der Waals surface area contributed by atoms with Gasteiger partial charge in [-0.25, -0.2) is 0 Å². The zero-order valence-electron chi connectivity index (χ0n) is 13.2. The third kappa shape index (κ3) is 3.71. The standard InChI is InChI=1S/C15H22N4O2/c1-6-19-10(2)12(9-16-19)14(20)17-13-7-11(21-18-13)8-15(3,4)5/h7,9H,6,8H2,1-5H3,(H,17,18,20). The Hall–Kier alpha value is -2.11. The van der Waals surface area contributed by atoms with Gasteiger partial charge in [0.15, 0.2) is 5.82 Å². The summed E-state index contributed by atoms with van der Waals surface area (Å²) in [6, 6.07) is 1.77. The maximum absolute atomic E-state index is 12.2. The molecule has 0 spiro atoms. The van der Waals surface area contributed by atoms with Gasteiger partial charge in [0.05, 0.1) is 11.8 Å². The summed E-state index contributed by atoms with van der Waals surface area (Å²) in [4.78, 5) is 12.2. The van der Waals surface area contributed by atoms with Crippen LogP contribution in [0, 0.1) is 12.3 Å². The van der Waals surface area contributed by atoms with Gasteiger partial charge < -0.3 is 9.84 Å². The normalized spacial score (nSPS) is 11.7. The number of amides is 1. The van der Waals surface area contributed by atoms with Crippen molar-refractivity contribution in [3.63, 3.8) is 0 Å². The molecule has 0 aliphatic rings. The van der Waals surface area contributed by atoms with Crippen LogP contribution >= 0.6 is 0 Å². The third-order valence-corrected chi connectivity index (χ3v) is 3.15. The van der Waals surface area contributed by atoms with Crippen molar-refractivity contribution in [1.82, 2.24) is 14.9 Å². The van der Waals surface area contributed by atoms with E-state index in [0.29, 0.717) is 11.4 Å². The second-order valence-electron chi connectivity index (χ2n) is 6.33. The first-order valence-electron chi connectivity index (χ1n) is 7.09. The highest BCUT2D eigenvalue weighted by atomic mass is 16.5. The topological polar surface area (TPSA) is 73.0 Å². The Bertz CT molecular complexity index is 634. The van der Waals surface area contributed by atoms with E-state index in [1.807, 2.05) is 13.8 Å². The van der Waals surface area contributed by atoms with Gasteiger partial charge in [-0.15, -0.1) is 0 Å². The molecule has 6 nitrogen and oxygen atoms in total. The summed E-state index contributed by atoms with van der Waals surface area (Å²) in [6.45, 7) is 11.0. The lowest BCUT2D eigenvalue weighted by Crippen LogP contribution is -2.13. The summed E-state index contributed by atoms with van der Waals surface area (Å²) in [5.74, 6) is 0.976. The van der Waals surface area contributed by atoms with Gasteiger partial charge in [0.2, 0.25) is 0 Å². The summed E-state index contributed by atoms with van der Waals surface area (Å²) in [5.41, 5.74) is 1.50. The van der Waals surface area contributed by atoms with Gasteiger partial charge in [-0.1, -0.05) is 25.9 Å². The largest absolute Gasteiger partial charge is 0.359 e. The average Bonchev–Trinajstić information content (AvgIpc) is 2.94. The lowest BCUT2D eigenvalue weighted by molar-refractivity contribution is 0.102. The second-order valence-corrected chi connectivity index (χ2v) is 6.33. The summed E-state index contributed by atoms with van der Waals surface area (Å²) >= 11 is 0. The van der Waals surface area contributed by atoms with Crippen molar-refractivity contribution in [3.8, 4) is 0 Å². The van der Waals surface area contributed by atoms with E-state index < -0.39 is 0 Å². The van der Waals surface area contributed by atoms with E-state index in [2.05, 4.69) is 36.3 Å². The molecule has 0 aliphatic carbocycles. The number of hydrogen-bond donors (Lipinski definition) is 1. The van der Waals surface area contributed by atoms with E-state index in [1.165, 1.54) is 0 Å². The van der Waals surface area contributed by atoms with E-state index >= 15 is 0 Å². The molecule has 6 heteroatoms. The van der Waals surface area contributed by atoms with Crippen molar-refractivity contribution < 1.29 is 9.32 Å². The molecule has 0 saturated carbocycles. The molecule has 0 aromatic carbocycles. The smallest absolute Gasteiger partial charge is 0.260 e. The SMILES string of the molecule is CCn1ncc(C(=O)Nc2cc(CC(C)(C)C)on2)c1C. The fourth-order valence-electron chi connectivity index (χ4n) is 2.15. The van der Waals surface area contributed by atoms with Gasteiger partial charge in [-0.3, -0.25) is 9.48 Å². The van der Waals surface area contributed by atoms with Crippen LogP contribution in [0.1, 0.15) is 49.5 Å². The van der Waals surface area contributed by atoms with Crippen molar-refractivity contribution in [2.24, 2.45) is 5.41 Å². The van der Waals surface area contributed by atoms with Crippen LogP contribution in [0.25, 0.3) is 0 Å². The minimum absolute atomic E-state index is 0.111. The lowest BCUT2D eigenvalue weighted by Gasteiger charge is -2.14. The zero-order valence-corrected chi connectivity index (χ0v) is 13.2. The van der Waals surface area contributed by atoms with E-state index in [0.717, 1.165) is 24.4 Å². The van der Waals surface area contributed by atoms with Crippen LogP contribution in [-0.2, 0) is 13.0 Å². The molecule has 0 saturated heterocycles. The van der Waals surface area contributed by atoms with Gasteiger partial charge in [0, 0.05) is 24.7 Å². The molecular formula is C15H22N4O2. The number of nitrogens with zero attached hydrogens (tertiary/aromatic N) is 3. The molecule has 0 aliphatic heterocycles. The molecule has 0 radical (unpaired) electrons. The number of aryl methyl sites for hydroxylation is 1. The highest BCUT2D eigenvalue weighted by molar-refractivity contribution is 6.04. The Balaban J connectivity index is 2.08. The number of hydrogen-bond acceptors (Lipinski definition) is 4. The Labute approximate surface area is 124 Å². The number of carbonyl (C=O) groups is 1. The number of aromatic nitrogens is 3. The molecule has 2 rings (SSSR count). The fraction of sp³-hybridized carbons (Fsp3) is 0.533. The fourth-order valence-corrected chi connectivity index (χ4v) is 2.15. The van der Waals surface area contributed by atoms with Crippen LogP contribution in [0.2, 0.25) is 0 Å². The molecule has 0 fully saturated rings. The Morgan fingerprint density at radius 3 is 2.71 bits per heavy atom. The zero-order chi connectivity index (χ0) is 15.6. The van der Waals surface area contributed by atoms with Gasteiger partial charge >= 0.3 is 0 Å². The first kappa shape index (κ1) is 15.3. The molecule has 114 valence electrons. The van der Waals surface area contributed by atoms with Crippen LogP contribution < -0.4 is 5.32 Å². The summed E-state index contributed by atoms with van der Waals surface area (Å²) < 4.78 is 7.03. The van der Waals surface area contributed by atoms with Crippen molar-refractivity contribution in [2.75, 3.05) is 5.32 Å². The van der Waals surface area contributed by atoms with E-state index in [4.69, 9.17) is 4.52 Å². The molecule has 2 aromatic heterocycles. The van der Waals surface area contributed by atoms with Crippen molar-refractivity contribution in [2.45, 2.75) is 47.6 Å². The molecule has 21 heavy (non-hydrogen) atoms. The highest BCUT2D eigenvalue weighted by Gasteiger charge is 2.18. The van der Waals surface area contributed by atoms with Crippen LogP contribution in [0.15, 0.2) is 16.8 Å². The predicted octanol–water partition coefficient (Wildman–Crippen LogP) is 3.04. The molecule has 0 bridgehead atoms. The molecule has 2 aromatic rings. The van der Waals surface area contributed by atoms with Gasteiger partial charge in [-0.05, 0) is 19.3 Å². The Kier molecular flexibility index (Phi) is 4.16. The Morgan fingerprint density at radius 1 is 1.43 bits per heavy atom. The van der Waals surface area contributed by atoms with E-state index in [9.17, 15) is 4.79 Å². The van der Waals surface area contributed by atoms with Gasteiger partial charge in [0.1, 0.15) is 5.76 Å². The molecule has 1 N–H and O–H groups in total. The summed E-state index contributed by atoms with van der Waals surface area (Å²) in [7, 11) is 0. The number of carbonyl (C=O) groups excluding carboxylic acids is 1.